The molecule has 6 heteroatoms. The zero-order valence-electron chi connectivity index (χ0n) is 10.2. The van der Waals surface area contributed by atoms with E-state index in [1.807, 2.05) is 23.9 Å². The number of pyridine rings is 1. The van der Waals surface area contributed by atoms with Crippen LogP contribution in [-0.2, 0) is 7.05 Å². The van der Waals surface area contributed by atoms with Crippen LogP contribution in [0.3, 0.4) is 0 Å². The van der Waals surface area contributed by atoms with Gasteiger partial charge in [-0.2, -0.15) is 0 Å². The zero-order chi connectivity index (χ0) is 12.5. The quantitative estimate of drug-likeness (QED) is 0.785. The number of aryl methyl sites for hydroxylation is 1. The lowest BCUT2D eigenvalue weighted by atomic mass is 10.2. The van der Waals surface area contributed by atoms with E-state index in [0.717, 1.165) is 17.0 Å². The normalized spacial score (nSPS) is 12.8. The molecule has 1 unspecified atom stereocenters. The fourth-order valence-corrected chi connectivity index (χ4v) is 2.75. The largest absolute Gasteiger partial charge is 0.360 e. The van der Waals surface area contributed by atoms with E-state index in [4.69, 9.17) is 0 Å². The first-order valence-corrected chi connectivity index (χ1v) is 6.56. The molecule has 0 aromatic carbocycles. The van der Waals surface area contributed by atoms with Crippen LogP contribution in [0.4, 0.5) is 5.82 Å². The Morgan fingerprint density at radius 2 is 2.28 bits per heavy atom. The number of hydrogen-bond donors (Lipinski definition) is 1. The second-order valence-electron chi connectivity index (χ2n) is 4.16. The van der Waals surface area contributed by atoms with Gasteiger partial charge in [0.05, 0.1) is 6.04 Å². The Hall–Kier alpha value is -1.95. The first kappa shape index (κ1) is 11.2. The van der Waals surface area contributed by atoms with Crippen molar-refractivity contribution in [1.82, 2.24) is 19.7 Å². The van der Waals surface area contributed by atoms with Crippen molar-refractivity contribution >= 4 is 27.2 Å². The summed E-state index contributed by atoms with van der Waals surface area (Å²) in [6.07, 6.45) is 3.52. The smallest absolute Gasteiger partial charge is 0.154 e. The van der Waals surface area contributed by atoms with Crippen LogP contribution in [0.25, 0.3) is 10.1 Å². The fourth-order valence-electron chi connectivity index (χ4n) is 1.96. The third-order valence-electron chi connectivity index (χ3n) is 2.87. The standard InChI is InChI=1S/C12H13N5S/c1-8(12-16-14-7-17(12)2)15-11-9-4-6-18-10(9)3-5-13-11/h3-8H,1-2H3,(H,13,15). The molecular weight excluding hydrogens is 246 g/mol. The Morgan fingerprint density at radius 1 is 1.39 bits per heavy atom. The molecule has 92 valence electrons. The number of hydrogen-bond acceptors (Lipinski definition) is 5. The highest BCUT2D eigenvalue weighted by Crippen LogP contribution is 2.27. The maximum Gasteiger partial charge on any atom is 0.154 e. The highest BCUT2D eigenvalue weighted by molar-refractivity contribution is 7.17. The SMILES string of the molecule is CC(Nc1nccc2sccc12)c1nncn1C. The number of rotatable bonds is 3. The number of aromatic nitrogens is 4. The molecule has 0 fully saturated rings. The molecule has 5 nitrogen and oxygen atoms in total. The minimum Gasteiger partial charge on any atom is -0.360 e. The van der Waals surface area contributed by atoms with Crippen molar-refractivity contribution in [2.24, 2.45) is 7.05 Å². The van der Waals surface area contributed by atoms with E-state index < -0.39 is 0 Å². The van der Waals surface area contributed by atoms with Crippen molar-refractivity contribution in [3.63, 3.8) is 0 Å². The van der Waals surface area contributed by atoms with Crippen molar-refractivity contribution < 1.29 is 0 Å². The van der Waals surface area contributed by atoms with Gasteiger partial charge in [-0.25, -0.2) is 4.98 Å². The molecule has 0 bridgehead atoms. The maximum absolute atomic E-state index is 4.40. The Kier molecular flexibility index (Phi) is 2.71. The van der Waals surface area contributed by atoms with Crippen molar-refractivity contribution in [2.75, 3.05) is 5.32 Å². The number of nitrogens with zero attached hydrogens (tertiary/aromatic N) is 4. The summed E-state index contributed by atoms with van der Waals surface area (Å²) < 4.78 is 3.14. The van der Waals surface area contributed by atoms with Crippen molar-refractivity contribution in [1.29, 1.82) is 0 Å². The average molecular weight is 259 g/mol. The van der Waals surface area contributed by atoms with Crippen molar-refractivity contribution in [3.05, 3.63) is 35.9 Å². The monoisotopic (exact) mass is 259 g/mol. The molecule has 1 atom stereocenters. The molecular formula is C12H13N5S. The molecule has 0 aliphatic heterocycles. The minimum atomic E-state index is 0.0653. The number of anilines is 1. The van der Waals surface area contributed by atoms with Gasteiger partial charge in [0.25, 0.3) is 0 Å². The lowest BCUT2D eigenvalue weighted by molar-refractivity contribution is 0.717. The predicted octanol–water partition coefficient (Wildman–Crippen LogP) is 2.60. The van der Waals surface area contributed by atoms with Crippen LogP contribution in [0, 0.1) is 0 Å². The molecule has 3 heterocycles. The third-order valence-corrected chi connectivity index (χ3v) is 3.75. The molecule has 0 amide bonds. The van der Waals surface area contributed by atoms with E-state index in [1.54, 1.807) is 17.7 Å². The van der Waals surface area contributed by atoms with Crippen LogP contribution >= 0.6 is 11.3 Å². The average Bonchev–Trinajstić information content (AvgIpc) is 2.97. The lowest BCUT2D eigenvalue weighted by Crippen LogP contribution is -2.12. The number of fused-ring (bicyclic) bond motifs is 1. The summed E-state index contributed by atoms with van der Waals surface area (Å²) in [5.74, 6) is 1.79. The molecule has 3 aromatic rings. The molecule has 0 aliphatic carbocycles. The van der Waals surface area contributed by atoms with E-state index in [0.29, 0.717) is 0 Å². The summed E-state index contributed by atoms with van der Waals surface area (Å²) in [5.41, 5.74) is 0. The van der Waals surface area contributed by atoms with Crippen molar-refractivity contribution in [3.8, 4) is 0 Å². The molecule has 3 aromatic heterocycles. The van der Waals surface area contributed by atoms with E-state index in [2.05, 4.69) is 38.9 Å². The summed E-state index contributed by atoms with van der Waals surface area (Å²) in [7, 11) is 1.94. The Labute approximate surface area is 109 Å². The van der Waals surface area contributed by atoms with Gasteiger partial charge >= 0.3 is 0 Å². The van der Waals surface area contributed by atoms with Gasteiger partial charge in [0.2, 0.25) is 0 Å². The summed E-state index contributed by atoms with van der Waals surface area (Å²) in [6.45, 7) is 2.05. The summed E-state index contributed by atoms with van der Waals surface area (Å²) >= 11 is 1.72. The Balaban J connectivity index is 1.93. The van der Waals surface area contributed by atoms with Gasteiger partial charge in [-0.05, 0) is 24.4 Å². The highest BCUT2D eigenvalue weighted by Gasteiger charge is 2.13. The molecule has 0 spiro atoms. The van der Waals surface area contributed by atoms with Gasteiger partial charge in [0.15, 0.2) is 5.82 Å². The molecule has 3 rings (SSSR count). The van der Waals surface area contributed by atoms with E-state index in [1.165, 1.54) is 4.70 Å². The van der Waals surface area contributed by atoms with Crippen LogP contribution in [0.2, 0.25) is 0 Å². The second-order valence-corrected chi connectivity index (χ2v) is 5.11. The first-order chi connectivity index (χ1) is 8.75. The van der Waals surface area contributed by atoms with E-state index in [9.17, 15) is 0 Å². The first-order valence-electron chi connectivity index (χ1n) is 5.68. The molecule has 0 saturated heterocycles. The van der Waals surface area contributed by atoms with Crippen LogP contribution < -0.4 is 5.32 Å². The van der Waals surface area contributed by atoms with Gasteiger partial charge in [-0.3, -0.25) is 0 Å². The molecule has 0 aliphatic rings. The lowest BCUT2D eigenvalue weighted by Gasteiger charge is -2.14. The van der Waals surface area contributed by atoms with Gasteiger partial charge in [0, 0.05) is 23.3 Å². The van der Waals surface area contributed by atoms with E-state index in [-0.39, 0.29) is 6.04 Å². The molecule has 0 radical (unpaired) electrons. The van der Waals surface area contributed by atoms with Crippen molar-refractivity contribution in [2.45, 2.75) is 13.0 Å². The van der Waals surface area contributed by atoms with Gasteiger partial charge < -0.3 is 9.88 Å². The number of nitrogens with one attached hydrogen (secondary N) is 1. The molecule has 1 N–H and O–H groups in total. The Morgan fingerprint density at radius 3 is 3.06 bits per heavy atom. The second kappa shape index (κ2) is 4.38. The maximum atomic E-state index is 4.40. The topological polar surface area (TPSA) is 55.6 Å². The molecule has 18 heavy (non-hydrogen) atoms. The van der Waals surface area contributed by atoms with Crippen LogP contribution in [0.1, 0.15) is 18.8 Å². The van der Waals surface area contributed by atoms with Gasteiger partial charge in [0.1, 0.15) is 12.1 Å². The van der Waals surface area contributed by atoms with Gasteiger partial charge in [-0.15, -0.1) is 21.5 Å². The third kappa shape index (κ3) is 1.84. The minimum absolute atomic E-state index is 0.0653. The van der Waals surface area contributed by atoms with Crippen LogP contribution in [0.15, 0.2) is 30.0 Å². The van der Waals surface area contributed by atoms with E-state index >= 15 is 0 Å². The summed E-state index contributed by atoms with van der Waals surface area (Å²) in [4.78, 5) is 4.40. The van der Waals surface area contributed by atoms with Crippen LogP contribution in [0.5, 0.6) is 0 Å². The Bertz CT molecular complexity index is 672. The summed E-state index contributed by atoms with van der Waals surface area (Å²) in [6, 6.07) is 4.17. The van der Waals surface area contributed by atoms with Gasteiger partial charge in [-0.1, -0.05) is 0 Å². The summed E-state index contributed by atoms with van der Waals surface area (Å²) in [5, 5.41) is 14.6. The number of thiophene rings is 1. The fraction of sp³-hybridized carbons (Fsp3) is 0.250. The highest BCUT2D eigenvalue weighted by atomic mass is 32.1. The zero-order valence-corrected chi connectivity index (χ0v) is 11.0. The predicted molar refractivity (Wildman–Crippen MR) is 72.7 cm³/mol. The van der Waals surface area contributed by atoms with Crippen LogP contribution in [-0.4, -0.2) is 19.7 Å². The molecule has 0 saturated carbocycles.